The number of aryl methyl sites for hydroxylation is 3. The maximum atomic E-state index is 12.8. The maximum absolute atomic E-state index is 12.8. The smallest absolute Gasteiger partial charge is 0.335 e. The van der Waals surface area contributed by atoms with Gasteiger partial charge in [0.05, 0.1) is 5.56 Å². The topological polar surface area (TPSA) is 98.7 Å². The standard InChI is InChI=1S/C22H25N3O4/c1-13-10-14(2)19(15(3)11-13)25-9-8-18(20(25)26)24-22(29)23-12-16-4-6-17(7-5-16)21(27)28/h4-7,10-11,18H,8-9,12H2,1-3H3,(H,27,28)(H2,23,24,29). The summed E-state index contributed by atoms with van der Waals surface area (Å²) in [5.41, 5.74) is 5.13. The zero-order valence-corrected chi connectivity index (χ0v) is 16.8. The van der Waals surface area contributed by atoms with Crippen LogP contribution in [0.4, 0.5) is 10.5 Å². The van der Waals surface area contributed by atoms with E-state index >= 15 is 0 Å². The van der Waals surface area contributed by atoms with Gasteiger partial charge >= 0.3 is 12.0 Å². The first-order chi connectivity index (χ1) is 13.8. The summed E-state index contributed by atoms with van der Waals surface area (Å²) in [6, 6.07) is 9.39. The molecule has 1 heterocycles. The van der Waals surface area contributed by atoms with Gasteiger partial charge in [-0.1, -0.05) is 29.8 Å². The summed E-state index contributed by atoms with van der Waals surface area (Å²) >= 11 is 0. The molecule has 7 heteroatoms. The summed E-state index contributed by atoms with van der Waals surface area (Å²) in [6.07, 6.45) is 0.548. The molecular weight excluding hydrogens is 370 g/mol. The Kier molecular flexibility index (Phi) is 5.87. The predicted octanol–water partition coefficient (Wildman–Crippen LogP) is 2.91. The molecule has 1 aliphatic rings. The van der Waals surface area contributed by atoms with Crippen molar-refractivity contribution in [3.63, 3.8) is 0 Å². The molecule has 0 spiro atoms. The lowest BCUT2D eigenvalue weighted by molar-refractivity contribution is -0.118. The van der Waals surface area contributed by atoms with Crippen LogP contribution in [0.5, 0.6) is 0 Å². The minimum Gasteiger partial charge on any atom is -0.478 e. The molecule has 7 nitrogen and oxygen atoms in total. The van der Waals surface area contributed by atoms with Crippen LogP contribution in [0.15, 0.2) is 36.4 Å². The Morgan fingerprint density at radius 2 is 1.72 bits per heavy atom. The molecule has 29 heavy (non-hydrogen) atoms. The number of benzene rings is 2. The Balaban J connectivity index is 1.58. The number of carbonyl (C=O) groups is 3. The predicted molar refractivity (Wildman–Crippen MR) is 110 cm³/mol. The second-order valence-corrected chi connectivity index (χ2v) is 7.41. The first kappa shape index (κ1) is 20.4. The van der Waals surface area contributed by atoms with E-state index in [1.54, 1.807) is 17.0 Å². The summed E-state index contributed by atoms with van der Waals surface area (Å²) < 4.78 is 0. The SMILES string of the molecule is Cc1cc(C)c(N2CCC(NC(=O)NCc3ccc(C(=O)O)cc3)C2=O)c(C)c1. The zero-order valence-electron chi connectivity index (χ0n) is 16.8. The number of nitrogens with one attached hydrogen (secondary N) is 2. The monoisotopic (exact) mass is 395 g/mol. The number of rotatable bonds is 5. The van der Waals surface area contributed by atoms with Gasteiger partial charge in [-0.3, -0.25) is 4.79 Å². The number of carboxylic acid groups (broad SMARTS) is 1. The molecule has 1 aliphatic heterocycles. The molecule has 152 valence electrons. The Morgan fingerprint density at radius 1 is 1.10 bits per heavy atom. The van der Waals surface area contributed by atoms with Gasteiger partial charge in [0.2, 0.25) is 5.91 Å². The minimum atomic E-state index is -0.995. The van der Waals surface area contributed by atoms with Gasteiger partial charge in [0.1, 0.15) is 6.04 Å². The Labute approximate surface area is 169 Å². The molecule has 0 bridgehead atoms. The van der Waals surface area contributed by atoms with Crippen molar-refractivity contribution in [1.82, 2.24) is 10.6 Å². The van der Waals surface area contributed by atoms with Crippen molar-refractivity contribution >= 4 is 23.6 Å². The van der Waals surface area contributed by atoms with Crippen molar-refractivity contribution in [2.24, 2.45) is 0 Å². The van der Waals surface area contributed by atoms with Crippen molar-refractivity contribution in [3.8, 4) is 0 Å². The zero-order chi connectivity index (χ0) is 21.1. The van der Waals surface area contributed by atoms with Crippen LogP contribution >= 0.6 is 0 Å². The van der Waals surface area contributed by atoms with Crippen molar-refractivity contribution < 1.29 is 19.5 Å². The van der Waals surface area contributed by atoms with Crippen molar-refractivity contribution in [2.75, 3.05) is 11.4 Å². The number of carboxylic acids is 1. The van der Waals surface area contributed by atoms with Gasteiger partial charge in [-0.2, -0.15) is 0 Å². The van der Waals surface area contributed by atoms with E-state index in [0.717, 1.165) is 27.9 Å². The molecule has 2 aromatic rings. The third-order valence-electron chi connectivity index (χ3n) is 5.07. The van der Waals surface area contributed by atoms with E-state index in [0.29, 0.717) is 13.0 Å². The van der Waals surface area contributed by atoms with E-state index < -0.39 is 18.0 Å². The van der Waals surface area contributed by atoms with E-state index in [4.69, 9.17) is 5.11 Å². The molecule has 1 unspecified atom stereocenters. The third kappa shape index (κ3) is 4.56. The summed E-state index contributed by atoms with van der Waals surface area (Å²) in [4.78, 5) is 37.7. The van der Waals surface area contributed by atoms with Crippen molar-refractivity contribution in [1.29, 1.82) is 0 Å². The average Bonchev–Trinajstić information content (AvgIpc) is 3.00. The van der Waals surface area contributed by atoms with Crippen LogP contribution in [-0.4, -0.2) is 35.6 Å². The first-order valence-electron chi connectivity index (χ1n) is 9.52. The second-order valence-electron chi connectivity index (χ2n) is 7.41. The van der Waals surface area contributed by atoms with E-state index in [2.05, 4.69) is 22.8 Å². The average molecular weight is 395 g/mol. The lowest BCUT2D eigenvalue weighted by Crippen LogP contribution is -2.46. The van der Waals surface area contributed by atoms with Crippen molar-refractivity contribution in [3.05, 3.63) is 64.2 Å². The molecule has 0 saturated carbocycles. The number of nitrogens with zero attached hydrogens (tertiary/aromatic N) is 1. The van der Waals surface area contributed by atoms with Gasteiger partial charge in [0, 0.05) is 18.8 Å². The summed E-state index contributed by atoms with van der Waals surface area (Å²) in [6.45, 7) is 6.81. The summed E-state index contributed by atoms with van der Waals surface area (Å²) in [5.74, 6) is -1.10. The molecule has 1 fully saturated rings. The van der Waals surface area contributed by atoms with Crippen LogP contribution in [0.1, 0.15) is 39.0 Å². The highest BCUT2D eigenvalue weighted by Gasteiger charge is 2.34. The molecule has 3 amide bonds. The van der Waals surface area contributed by atoms with Gasteiger partial charge in [-0.15, -0.1) is 0 Å². The number of urea groups is 1. The van der Waals surface area contributed by atoms with Gasteiger partial charge in [-0.05, 0) is 56.0 Å². The van der Waals surface area contributed by atoms with Crippen LogP contribution in [0.25, 0.3) is 0 Å². The number of hydrogen-bond donors (Lipinski definition) is 3. The Hall–Kier alpha value is -3.35. The van der Waals surface area contributed by atoms with Crippen LogP contribution in [0.2, 0.25) is 0 Å². The van der Waals surface area contributed by atoms with Crippen molar-refractivity contribution in [2.45, 2.75) is 39.8 Å². The van der Waals surface area contributed by atoms with Crippen LogP contribution < -0.4 is 15.5 Å². The lowest BCUT2D eigenvalue weighted by Gasteiger charge is -2.22. The van der Waals surface area contributed by atoms with Gasteiger partial charge < -0.3 is 20.6 Å². The number of amides is 3. The quantitative estimate of drug-likeness (QED) is 0.725. The van der Waals surface area contributed by atoms with Gasteiger partial charge in [0.15, 0.2) is 0 Å². The van der Waals surface area contributed by atoms with Gasteiger partial charge in [-0.25, -0.2) is 9.59 Å². The minimum absolute atomic E-state index is 0.110. The summed E-state index contributed by atoms with van der Waals surface area (Å²) in [5, 5.41) is 14.4. The van der Waals surface area contributed by atoms with E-state index in [1.807, 2.05) is 20.8 Å². The number of hydrogen-bond acceptors (Lipinski definition) is 3. The maximum Gasteiger partial charge on any atom is 0.335 e. The van der Waals surface area contributed by atoms with Crippen LogP contribution in [0, 0.1) is 20.8 Å². The molecule has 0 aliphatic carbocycles. The fraction of sp³-hybridized carbons (Fsp3) is 0.318. The third-order valence-corrected chi connectivity index (χ3v) is 5.07. The normalized spacial score (nSPS) is 16.0. The number of anilines is 1. The van der Waals surface area contributed by atoms with E-state index in [-0.39, 0.29) is 18.0 Å². The van der Waals surface area contributed by atoms with E-state index in [1.165, 1.54) is 12.1 Å². The second kappa shape index (κ2) is 8.34. The molecule has 0 radical (unpaired) electrons. The Bertz CT molecular complexity index is 930. The highest BCUT2D eigenvalue weighted by atomic mass is 16.4. The largest absolute Gasteiger partial charge is 0.478 e. The Morgan fingerprint density at radius 3 is 2.31 bits per heavy atom. The van der Waals surface area contributed by atoms with Gasteiger partial charge in [0.25, 0.3) is 0 Å². The summed E-state index contributed by atoms with van der Waals surface area (Å²) in [7, 11) is 0. The fourth-order valence-corrected chi connectivity index (χ4v) is 3.79. The molecule has 2 aromatic carbocycles. The molecule has 1 atom stereocenters. The molecule has 1 saturated heterocycles. The molecule has 0 aromatic heterocycles. The molecule has 3 N–H and O–H groups in total. The number of carbonyl (C=O) groups excluding carboxylic acids is 2. The fourth-order valence-electron chi connectivity index (χ4n) is 3.79. The molecule has 3 rings (SSSR count). The highest BCUT2D eigenvalue weighted by molar-refractivity contribution is 6.02. The lowest BCUT2D eigenvalue weighted by atomic mass is 10.0. The highest BCUT2D eigenvalue weighted by Crippen LogP contribution is 2.30. The molecular formula is C22H25N3O4. The van der Waals surface area contributed by atoms with E-state index in [9.17, 15) is 14.4 Å². The number of aromatic carboxylic acids is 1. The van der Waals surface area contributed by atoms with Crippen LogP contribution in [0.3, 0.4) is 0 Å². The first-order valence-corrected chi connectivity index (χ1v) is 9.52. The van der Waals surface area contributed by atoms with Crippen LogP contribution in [-0.2, 0) is 11.3 Å².